The SMILES string of the molecule is [2H]C([2H])([2H])c1c[c-]c(-c2ccc(C([2H])([2H])[2H])cn2)cc1.[Ir].[c-]1ccc2c(oc3nc4ccccc4cc32)c1-c1ccccn1. The van der Waals surface area contributed by atoms with E-state index in [1.165, 1.54) is 24.4 Å². The zero-order valence-electron chi connectivity index (χ0n) is 25.9. The van der Waals surface area contributed by atoms with E-state index in [1.807, 2.05) is 48.5 Å². The van der Waals surface area contributed by atoms with Gasteiger partial charge in [0.1, 0.15) is 0 Å². The van der Waals surface area contributed by atoms with Crippen molar-refractivity contribution in [3.63, 3.8) is 0 Å². The van der Waals surface area contributed by atoms with Crippen LogP contribution < -0.4 is 0 Å². The molecule has 1 radical (unpaired) electrons. The molecule has 0 amide bonds. The Morgan fingerprint density at radius 2 is 1.66 bits per heavy atom. The average Bonchev–Trinajstić information content (AvgIpc) is 3.37. The minimum atomic E-state index is -2.18. The second kappa shape index (κ2) is 11.1. The Labute approximate surface area is 243 Å². The van der Waals surface area contributed by atoms with Crippen molar-refractivity contribution in [2.75, 3.05) is 0 Å². The second-order valence-corrected chi connectivity index (χ2v) is 8.37. The predicted octanol–water partition coefficient (Wildman–Crippen LogP) is 8.16. The Hall–Kier alpha value is -4.18. The van der Waals surface area contributed by atoms with Crippen molar-refractivity contribution in [1.82, 2.24) is 15.0 Å². The van der Waals surface area contributed by atoms with Crippen LogP contribution in [0.25, 0.3) is 55.5 Å². The summed E-state index contributed by atoms with van der Waals surface area (Å²) >= 11 is 0. The molecular weight excluding hydrogens is 647 g/mol. The number of hydrogen-bond acceptors (Lipinski definition) is 4. The molecule has 0 bridgehead atoms. The van der Waals surface area contributed by atoms with Crippen LogP contribution in [0.5, 0.6) is 0 Å². The van der Waals surface area contributed by atoms with E-state index in [2.05, 4.69) is 39.2 Å². The van der Waals surface area contributed by atoms with Gasteiger partial charge in [0.25, 0.3) is 0 Å². The fourth-order valence-corrected chi connectivity index (χ4v) is 4.11. The van der Waals surface area contributed by atoms with Crippen LogP contribution in [-0.2, 0) is 20.1 Å². The van der Waals surface area contributed by atoms with E-state index < -0.39 is 13.7 Å². The summed E-state index contributed by atoms with van der Waals surface area (Å²) in [4.78, 5) is 13.1. The summed E-state index contributed by atoms with van der Waals surface area (Å²) in [5.74, 6) is 0. The maximum atomic E-state index is 7.28. The predicted molar refractivity (Wildman–Crippen MR) is 149 cm³/mol. The van der Waals surface area contributed by atoms with Crippen LogP contribution in [0.1, 0.15) is 19.4 Å². The number of benzene rings is 3. The number of para-hydroxylation sites is 1. The van der Waals surface area contributed by atoms with Crippen molar-refractivity contribution < 1.29 is 32.7 Å². The molecule has 38 heavy (non-hydrogen) atoms. The van der Waals surface area contributed by atoms with Crippen LogP contribution in [0, 0.1) is 25.8 Å². The van der Waals surface area contributed by atoms with E-state index in [9.17, 15) is 0 Å². The fourth-order valence-electron chi connectivity index (χ4n) is 4.11. The Kier molecular flexibility index (Phi) is 5.52. The Bertz CT molecular complexity index is 1980. The van der Waals surface area contributed by atoms with Gasteiger partial charge >= 0.3 is 0 Å². The molecule has 0 atom stereocenters. The number of aromatic nitrogens is 3. The number of fused-ring (bicyclic) bond motifs is 4. The molecule has 5 heteroatoms. The molecule has 0 aliphatic carbocycles. The molecule has 0 spiro atoms. The normalized spacial score (nSPS) is 13.7. The van der Waals surface area contributed by atoms with Crippen LogP contribution in [-0.4, -0.2) is 15.0 Å². The van der Waals surface area contributed by atoms with Crippen molar-refractivity contribution in [3.05, 3.63) is 127 Å². The minimum Gasteiger partial charge on any atom is -0.486 e. The van der Waals surface area contributed by atoms with E-state index >= 15 is 0 Å². The van der Waals surface area contributed by atoms with Crippen molar-refractivity contribution in [2.45, 2.75) is 13.7 Å². The first-order chi connectivity index (χ1) is 20.6. The summed E-state index contributed by atoms with van der Waals surface area (Å²) < 4.78 is 49.7. The van der Waals surface area contributed by atoms with Crippen LogP contribution in [0.2, 0.25) is 0 Å². The number of hydrogen-bond donors (Lipinski definition) is 0. The Balaban J connectivity index is 0.000000173. The van der Waals surface area contributed by atoms with Crippen molar-refractivity contribution in [1.29, 1.82) is 0 Å². The van der Waals surface area contributed by atoms with Crippen LogP contribution >= 0.6 is 0 Å². The van der Waals surface area contributed by atoms with Gasteiger partial charge in [-0.25, -0.2) is 4.98 Å². The molecule has 187 valence electrons. The summed E-state index contributed by atoms with van der Waals surface area (Å²) in [6.07, 6.45) is 3.07. The Morgan fingerprint density at radius 1 is 0.789 bits per heavy atom. The summed E-state index contributed by atoms with van der Waals surface area (Å²) in [6, 6.07) is 33.6. The molecule has 7 rings (SSSR count). The van der Waals surface area contributed by atoms with E-state index in [-0.39, 0.29) is 31.2 Å². The molecule has 4 aromatic heterocycles. The van der Waals surface area contributed by atoms with Gasteiger partial charge < -0.3 is 14.4 Å². The van der Waals surface area contributed by atoms with Gasteiger partial charge in [-0.3, -0.25) is 0 Å². The van der Waals surface area contributed by atoms with Gasteiger partial charge in [-0.15, -0.1) is 53.6 Å². The number of pyridine rings is 3. The summed E-state index contributed by atoms with van der Waals surface area (Å²) in [7, 11) is 0. The van der Waals surface area contributed by atoms with Crippen LogP contribution in [0.3, 0.4) is 0 Å². The monoisotopic (exact) mass is 676 g/mol. The fraction of sp³-hybridized carbons (Fsp3) is 0.0606. The number of rotatable bonds is 2. The molecule has 0 fully saturated rings. The zero-order chi connectivity index (χ0) is 30.2. The van der Waals surface area contributed by atoms with Gasteiger partial charge in [0.05, 0.1) is 11.1 Å². The maximum Gasteiger partial charge on any atom is 0.216 e. The van der Waals surface area contributed by atoms with E-state index in [4.69, 9.17) is 12.6 Å². The summed E-state index contributed by atoms with van der Waals surface area (Å²) in [6.45, 7) is -4.34. The first kappa shape index (κ1) is 19.0. The number of nitrogens with zero attached hydrogens (tertiary/aromatic N) is 3. The van der Waals surface area contributed by atoms with Gasteiger partial charge in [0.2, 0.25) is 5.71 Å². The number of aryl methyl sites for hydroxylation is 2. The first-order valence-electron chi connectivity index (χ1n) is 14.6. The molecule has 0 saturated carbocycles. The van der Waals surface area contributed by atoms with E-state index in [0.717, 1.165) is 38.5 Å². The molecule has 3 aromatic carbocycles. The molecule has 7 aromatic rings. The average molecular weight is 676 g/mol. The molecule has 4 nitrogen and oxygen atoms in total. The van der Waals surface area contributed by atoms with E-state index in [1.54, 1.807) is 18.3 Å². The molecule has 0 N–H and O–H groups in total. The molecular formula is C33H23IrN3O-2. The van der Waals surface area contributed by atoms with E-state index in [0.29, 0.717) is 17.0 Å². The van der Waals surface area contributed by atoms with Crippen LogP contribution in [0.15, 0.2) is 108 Å². The Morgan fingerprint density at radius 3 is 2.42 bits per heavy atom. The third kappa shape index (κ3) is 5.12. The standard InChI is InChI=1S/C20H11N2O.C13H12N.Ir/c1-2-9-17-13(6-1)12-16-14-7-5-8-15(18-10-3-4-11-21-18)19(14)23-20(16)22-17;1-10-3-6-12(7-4-10)13-8-5-11(2)9-14-13;/h1-7,9-12H;3-6,8-9H,1-2H3;/q2*-1;/i;1D3,2D3;. The third-order valence-corrected chi connectivity index (χ3v) is 5.90. The first-order valence-corrected chi connectivity index (χ1v) is 11.6. The third-order valence-electron chi connectivity index (χ3n) is 5.90. The van der Waals surface area contributed by atoms with Crippen molar-refractivity contribution in [2.24, 2.45) is 0 Å². The smallest absolute Gasteiger partial charge is 0.216 e. The largest absolute Gasteiger partial charge is 0.486 e. The molecule has 4 heterocycles. The van der Waals surface area contributed by atoms with Crippen LogP contribution in [0.4, 0.5) is 0 Å². The quantitative estimate of drug-likeness (QED) is 0.174. The van der Waals surface area contributed by atoms with Gasteiger partial charge in [-0.2, -0.15) is 0 Å². The van der Waals surface area contributed by atoms with Gasteiger partial charge in [-0.1, -0.05) is 60.3 Å². The van der Waals surface area contributed by atoms with Crippen molar-refractivity contribution >= 4 is 33.0 Å². The topological polar surface area (TPSA) is 51.8 Å². The summed E-state index contributed by atoms with van der Waals surface area (Å²) in [5.41, 5.74) is 5.62. The van der Waals surface area contributed by atoms with Gasteiger partial charge in [0.15, 0.2) is 0 Å². The van der Waals surface area contributed by atoms with Crippen molar-refractivity contribution in [3.8, 4) is 22.5 Å². The minimum absolute atomic E-state index is 0. The van der Waals surface area contributed by atoms with Gasteiger partial charge in [-0.05, 0) is 42.0 Å². The van der Waals surface area contributed by atoms with Gasteiger partial charge in [0, 0.05) is 51.5 Å². The second-order valence-electron chi connectivity index (χ2n) is 8.37. The molecule has 0 saturated heterocycles. The maximum absolute atomic E-state index is 7.28. The molecule has 0 aliphatic heterocycles. The molecule has 0 unspecified atom stereocenters. The number of furan rings is 1. The zero-order valence-corrected chi connectivity index (χ0v) is 22.3. The summed E-state index contributed by atoms with van der Waals surface area (Å²) in [5, 5.41) is 3.16. The molecule has 0 aliphatic rings.